The van der Waals surface area contributed by atoms with Crippen molar-refractivity contribution in [3.05, 3.63) is 11.9 Å². The van der Waals surface area contributed by atoms with Crippen LogP contribution in [-0.2, 0) is 4.79 Å². The van der Waals surface area contributed by atoms with Gasteiger partial charge in [-0.3, -0.25) is 4.79 Å². The van der Waals surface area contributed by atoms with Gasteiger partial charge in [-0.1, -0.05) is 13.8 Å². The van der Waals surface area contributed by atoms with Crippen molar-refractivity contribution < 1.29 is 4.79 Å². The summed E-state index contributed by atoms with van der Waals surface area (Å²) >= 11 is 0. The number of nitrogens with one attached hydrogen (secondary N) is 3. The Kier molecular flexibility index (Phi) is 5.48. The average Bonchev–Trinajstić information content (AvgIpc) is 2.35. The van der Waals surface area contributed by atoms with Gasteiger partial charge in [0.05, 0.1) is 0 Å². The molecule has 0 aromatic carbocycles. The first-order valence-electron chi connectivity index (χ1n) is 7.05. The summed E-state index contributed by atoms with van der Waals surface area (Å²) in [6.07, 6.45) is 1.41. The predicted octanol–water partition coefficient (Wildman–Crippen LogP) is 1.60. The first-order valence-corrected chi connectivity index (χ1v) is 7.05. The summed E-state index contributed by atoms with van der Waals surface area (Å²) in [6.45, 7) is 11.7. The molecule has 0 spiro atoms. The van der Waals surface area contributed by atoms with Gasteiger partial charge in [-0.25, -0.2) is 15.8 Å². The Hall–Kier alpha value is -1.89. The van der Waals surface area contributed by atoms with Gasteiger partial charge in [-0.15, -0.1) is 0 Å². The zero-order chi connectivity index (χ0) is 16.2. The number of aromatic nitrogens is 2. The molecule has 1 heterocycles. The molecule has 1 amide bonds. The summed E-state index contributed by atoms with van der Waals surface area (Å²) in [5.74, 6) is 6.74. The van der Waals surface area contributed by atoms with E-state index in [2.05, 4.69) is 26.0 Å². The van der Waals surface area contributed by atoms with Crippen LogP contribution in [0.3, 0.4) is 0 Å². The van der Waals surface area contributed by atoms with Crippen molar-refractivity contribution in [1.29, 1.82) is 0 Å². The molecular weight excluding hydrogens is 268 g/mol. The molecule has 1 aromatic heterocycles. The summed E-state index contributed by atoms with van der Waals surface area (Å²) in [7, 11) is 0. The molecule has 0 fully saturated rings. The smallest absolute Gasteiger partial charge is 0.242 e. The van der Waals surface area contributed by atoms with E-state index in [0.29, 0.717) is 11.6 Å². The molecule has 0 aliphatic heterocycles. The molecule has 21 heavy (non-hydrogen) atoms. The fourth-order valence-corrected chi connectivity index (χ4v) is 1.92. The number of nitrogens with two attached hydrogens (primary N) is 1. The molecule has 5 N–H and O–H groups in total. The van der Waals surface area contributed by atoms with Crippen molar-refractivity contribution in [1.82, 2.24) is 15.3 Å². The molecule has 1 atom stereocenters. The van der Waals surface area contributed by atoms with Crippen LogP contribution in [-0.4, -0.2) is 27.5 Å². The van der Waals surface area contributed by atoms with E-state index in [0.717, 1.165) is 5.56 Å². The molecule has 1 unspecified atom stereocenters. The molecule has 0 aliphatic rings. The summed E-state index contributed by atoms with van der Waals surface area (Å²) in [5.41, 5.74) is 3.15. The lowest BCUT2D eigenvalue weighted by Gasteiger charge is -2.25. The van der Waals surface area contributed by atoms with Crippen molar-refractivity contribution in [2.24, 2.45) is 5.84 Å². The van der Waals surface area contributed by atoms with Gasteiger partial charge in [0.2, 0.25) is 5.91 Å². The largest absolute Gasteiger partial charge is 0.358 e. The maximum absolute atomic E-state index is 12.1. The molecule has 0 saturated carbocycles. The summed E-state index contributed by atoms with van der Waals surface area (Å²) in [6, 6.07) is -0.415. The highest BCUT2D eigenvalue weighted by atomic mass is 16.2. The molecule has 0 bridgehead atoms. The fourth-order valence-electron chi connectivity index (χ4n) is 1.92. The van der Waals surface area contributed by atoms with E-state index in [1.165, 1.54) is 6.33 Å². The number of rotatable bonds is 5. The van der Waals surface area contributed by atoms with Crippen molar-refractivity contribution in [3.63, 3.8) is 0 Å². The monoisotopic (exact) mass is 294 g/mol. The maximum Gasteiger partial charge on any atom is 0.242 e. The minimum absolute atomic E-state index is 0.0851. The Bertz CT molecular complexity index is 495. The SMILES string of the molecule is CC(Nc1ncnc(NN)c1C(C)C)C(=O)NC(C)(C)C. The lowest BCUT2D eigenvalue weighted by molar-refractivity contribution is -0.122. The van der Waals surface area contributed by atoms with E-state index in [4.69, 9.17) is 5.84 Å². The second-order valence-corrected chi connectivity index (χ2v) is 6.39. The molecule has 1 aromatic rings. The molecule has 7 nitrogen and oxygen atoms in total. The Morgan fingerprint density at radius 1 is 1.19 bits per heavy atom. The second-order valence-electron chi connectivity index (χ2n) is 6.39. The molecule has 7 heteroatoms. The van der Waals surface area contributed by atoms with Gasteiger partial charge >= 0.3 is 0 Å². The lowest BCUT2D eigenvalue weighted by Crippen LogP contribution is -2.47. The van der Waals surface area contributed by atoms with Crippen LogP contribution in [0, 0.1) is 0 Å². The highest BCUT2D eigenvalue weighted by Crippen LogP contribution is 2.28. The molecular formula is C14H26N6O. The van der Waals surface area contributed by atoms with Crippen LogP contribution in [0.5, 0.6) is 0 Å². The van der Waals surface area contributed by atoms with Crippen LogP contribution < -0.4 is 21.9 Å². The number of nitrogens with zero attached hydrogens (tertiary/aromatic N) is 2. The van der Waals surface area contributed by atoms with E-state index in [9.17, 15) is 4.79 Å². The van der Waals surface area contributed by atoms with Gasteiger partial charge < -0.3 is 16.1 Å². The number of anilines is 2. The highest BCUT2D eigenvalue weighted by Gasteiger charge is 2.22. The third-order valence-corrected chi connectivity index (χ3v) is 2.84. The Morgan fingerprint density at radius 2 is 1.76 bits per heavy atom. The normalized spacial score (nSPS) is 13.0. The van der Waals surface area contributed by atoms with Gasteiger partial charge in [0.1, 0.15) is 24.0 Å². The van der Waals surface area contributed by atoms with E-state index in [1.54, 1.807) is 6.92 Å². The fraction of sp³-hybridized carbons (Fsp3) is 0.643. The number of hydrazine groups is 1. The summed E-state index contributed by atoms with van der Waals surface area (Å²) in [4.78, 5) is 20.5. The van der Waals surface area contributed by atoms with E-state index in [-0.39, 0.29) is 17.4 Å². The van der Waals surface area contributed by atoms with Gasteiger partial charge in [-0.2, -0.15) is 0 Å². The number of hydrogen-bond acceptors (Lipinski definition) is 6. The van der Waals surface area contributed by atoms with Crippen molar-refractivity contribution in [2.75, 3.05) is 10.7 Å². The van der Waals surface area contributed by atoms with Crippen LogP contribution in [0.4, 0.5) is 11.6 Å². The van der Waals surface area contributed by atoms with Crippen molar-refractivity contribution >= 4 is 17.5 Å². The zero-order valence-corrected chi connectivity index (χ0v) is 13.6. The van der Waals surface area contributed by atoms with Crippen molar-refractivity contribution in [3.8, 4) is 0 Å². The zero-order valence-electron chi connectivity index (χ0n) is 13.6. The number of carbonyl (C=O) groups excluding carboxylic acids is 1. The first-order chi connectivity index (χ1) is 9.65. The molecule has 118 valence electrons. The number of amides is 1. The van der Waals surface area contributed by atoms with Crippen LogP contribution in [0.15, 0.2) is 6.33 Å². The summed E-state index contributed by atoms with van der Waals surface area (Å²) in [5, 5.41) is 6.06. The minimum Gasteiger partial charge on any atom is -0.358 e. The molecule has 1 rings (SSSR count). The molecule has 0 saturated heterocycles. The second kappa shape index (κ2) is 6.71. The molecule has 0 aliphatic carbocycles. The van der Waals surface area contributed by atoms with E-state index >= 15 is 0 Å². The standard InChI is InChI=1S/C14H26N6O/c1-8(2)10-11(16-7-17-12(10)20-15)18-9(3)13(21)19-14(4,5)6/h7-9H,15H2,1-6H3,(H,19,21)(H2,16,17,18,20). The Morgan fingerprint density at radius 3 is 2.24 bits per heavy atom. The van der Waals surface area contributed by atoms with Crippen molar-refractivity contribution in [2.45, 2.75) is 59.0 Å². The summed E-state index contributed by atoms with van der Waals surface area (Å²) < 4.78 is 0. The van der Waals surface area contributed by atoms with E-state index < -0.39 is 6.04 Å². The number of nitrogen functional groups attached to an aromatic ring is 1. The van der Waals surface area contributed by atoms with Crippen LogP contribution >= 0.6 is 0 Å². The Labute approximate surface area is 126 Å². The first kappa shape index (κ1) is 17.2. The number of hydrogen-bond donors (Lipinski definition) is 4. The topological polar surface area (TPSA) is 105 Å². The van der Waals surface area contributed by atoms with Crippen LogP contribution in [0.25, 0.3) is 0 Å². The number of carbonyl (C=O) groups is 1. The highest BCUT2D eigenvalue weighted by molar-refractivity contribution is 5.84. The van der Waals surface area contributed by atoms with Gasteiger partial charge in [0.25, 0.3) is 0 Å². The van der Waals surface area contributed by atoms with E-state index in [1.807, 2.05) is 34.6 Å². The van der Waals surface area contributed by atoms with Gasteiger partial charge in [0.15, 0.2) is 0 Å². The molecule has 0 radical (unpaired) electrons. The van der Waals surface area contributed by atoms with Crippen LogP contribution in [0.1, 0.15) is 53.0 Å². The van der Waals surface area contributed by atoms with Gasteiger partial charge in [-0.05, 0) is 33.6 Å². The van der Waals surface area contributed by atoms with Crippen LogP contribution in [0.2, 0.25) is 0 Å². The maximum atomic E-state index is 12.1. The quantitative estimate of drug-likeness (QED) is 0.485. The third kappa shape index (κ3) is 4.86. The third-order valence-electron chi connectivity index (χ3n) is 2.84. The Balaban J connectivity index is 2.95. The average molecular weight is 294 g/mol. The predicted molar refractivity (Wildman–Crippen MR) is 84.9 cm³/mol. The van der Waals surface area contributed by atoms with Gasteiger partial charge in [0, 0.05) is 11.1 Å². The minimum atomic E-state index is -0.415. The lowest BCUT2D eigenvalue weighted by atomic mass is 10.0.